The van der Waals surface area contributed by atoms with Gasteiger partial charge in [0.1, 0.15) is 11.9 Å². The van der Waals surface area contributed by atoms with Crippen LogP contribution < -0.4 is 15.8 Å². The van der Waals surface area contributed by atoms with Crippen molar-refractivity contribution in [3.63, 3.8) is 0 Å². The maximum Gasteiger partial charge on any atom is 0.183 e. The van der Waals surface area contributed by atoms with Crippen molar-refractivity contribution in [2.75, 3.05) is 13.1 Å². The second kappa shape index (κ2) is 17.8. The Balaban J connectivity index is 1.14. The molecule has 3 aliphatic rings. The Hall–Kier alpha value is -4.76. The van der Waals surface area contributed by atoms with Crippen molar-refractivity contribution in [3.05, 3.63) is 118 Å². The van der Waals surface area contributed by atoms with Crippen LogP contribution in [-0.2, 0) is 24.1 Å². The molecule has 2 bridgehead atoms. The Morgan fingerprint density at radius 1 is 1.08 bits per heavy atom. The van der Waals surface area contributed by atoms with Gasteiger partial charge in [0.05, 0.1) is 30.5 Å². The molecule has 53 heavy (non-hydrogen) atoms. The number of aliphatic imine (C=N–C) groups is 1. The zero-order valence-electron chi connectivity index (χ0n) is 30.2. The summed E-state index contributed by atoms with van der Waals surface area (Å²) in [5.41, 5.74) is 14.2. The van der Waals surface area contributed by atoms with Gasteiger partial charge in [-0.3, -0.25) is 15.1 Å². The number of ketones is 1. The lowest BCUT2D eigenvalue weighted by atomic mass is 9.92. The smallest absolute Gasteiger partial charge is 0.183 e. The summed E-state index contributed by atoms with van der Waals surface area (Å²) in [5.74, 6) is 6.27. The molecule has 0 amide bonds. The molecule has 0 spiro atoms. The molecule has 3 aromatic rings. The molecule has 0 aromatic heterocycles. The lowest BCUT2D eigenvalue weighted by Gasteiger charge is -2.28. The van der Waals surface area contributed by atoms with Crippen molar-refractivity contribution in [2.45, 2.75) is 95.4 Å². The van der Waals surface area contributed by atoms with Gasteiger partial charge in [-0.25, -0.2) is 0 Å². The van der Waals surface area contributed by atoms with Crippen molar-refractivity contribution in [1.29, 1.82) is 0 Å². The summed E-state index contributed by atoms with van der Waals surface area (Å²) < 4.78 is 6.41. The fourth-order valence-corrected chi connectivity index (χ4v) is 7.06. The highest BCUT2D eigenvalue weighted by Gasteiger charge is 2.31. The molecule has 0 unspecified atom stereocenters. The number of hydrogen-bond donors (Lipinski definition) is 6. The van der Waals surface area contributed by atoms with Crippen LogP contribution in [0.5, 0.6) is 11.5 Å². The number of nitrogens with two attached hydrogens (primary N) is 1. The third kappa shape index (κ3) is 10.0. The van der Waals surface area contributed by atoms with Gasteiger partial charge in [-0.2, -0.15) is 0 Å². The highest BCUT2D eigenvalue weighted by Crippen LogP contribution is 2.36. The number of nitrogens with zero attached hydrogens (tertiary/aromatic N) is 2. The van der Waals surface area contributed by atoms with E-state index in [1.165, 1.54) is 5.56 Å². The number of aliphatic hydroxyl groups excluding tert-OH is 3. The summed E-state index contributed by atoms with van der Waals surface area (Å²) in [7, 11) is 0. The molecule has 5 atom stereocenters. The lowest BCUT2D eigenvalue weighted by Crippen LogP contribution is -2.35. The number of rotatable bonds is 16. The number of phenolic OH excluding ortho intramolecular Hbond substituents is 1. The van der Waals surface area contributed by atoms with E-state index >= 15 is 0 Å². The van der Waals surface area contributed by atoms with Gasteiger partial charge in [-0.05, 0) is 77.6 Å². The summed E-state index contributed by atoms with van der Waals surface area (Å²) in [6, 6.07) is 21.2. The van der Waals surface area contributed by atoms with Gasteiger partial charge in [0, 0.05) is 43.9 Å². The third-order valence-electron chi connectivity index (χ3n) is 10.0. The SMILES string of the molecule is CCC[C@H](O)C[C@@H](O)CC(=O)CCc1ccc(O)c(O[C@@H]2CC#C[C@H](O)c3ccc([C@H](N)NCCc4ccccc4)cc3CC3=C4CN2C=C4N=C3)c1. The number of nitrogens with one attached hydrogen (secondary N) is 1. The topological polar surface area (TPSA) is 161 Å². The normalized spacial score (nSPS) is 19.3. The molecule has 0 radical (unpaired) electrons. The maximum atomic E-state index is 12.6. The average molecular weight is 719 g/mol. The number of ether oxygens (including phenoxy) is 1. The van der Waals surface area contributed by atoms with Crippen molar-refractivity contribution >= 4 is 12.0 Å². The minimum Gasteiger partial charge on any atom is -0.504 e. The number of aromatic hydroxyl groups is 1. The van der Waals surface area contributed by atoms with Crippen LogP contribution in [0.15, 0.2) is 94.8 Å². The molecule has 0 fully saturated rings. The van der Waals surface area contributed by atoms with Crippen LogP contribution in [0.3, 0.4) is 0 Å². The second-order valence-electron chi connectivity index (χ2n) is 14.1. The van der Waals surface area contributed by atoms with Crippen LogP contribution in [0.2, 0.25) is 0 Å². The Labute approximate surface area is 311 Å². The van der Waals surface area contributed by atoms with Crippen LogP contribution in [-0.4, -0.2) is 68.8 Å². The summed E-state index contributed by atoms with van der Waals surface area (Å²) in [5, 5.41) is 45.7. The molecule has 0 saturated heterocycles. The first-order valence-electron chi connectivity index (χ1n) is 18.6. The highest BCUT2D eigenvalue weighted by molar-refractivity contribution is 5.87. The van der Waals surface area contributed by atoms with Gasteiger partial charge >= 0.3 is 0 Å². The standard InChI is InChI=1S/C43H50N4O6/c1-2-7-33(48)23-35(50)24-34(49)15-12-29-13-17-40(52)41(20-29)53-42-11-6-10-39(51)36-16-14-30(43(44)45-19-18-28-8-4-3-5-9-28)21-31(36)22-32-25-46-38-27-47(42)26-37(32)38/h3-5,8-9,13-14,16-17,20-21,25,27,33,35,39,42-43,45,48,50-52H,2,7,11-12,15,18-19,22-24,26,44H2,1H3/t33-,35+,39-,42+,43+/m0/s1. The summed E-state index contributed by atoms with van der Waals surface area (Å²) in [6.07, 6.45) is 4.18. The average Bonchev–Trinajstić information content (AvgIpc) is 3.73. The zero-order chi connectivity index (χ0) is 37.3. The second-order valence-corrected chi connectivity index (χ2v) is 14.1. The van der Waals surface area contributed by atoms with E-state index in [1.807, 2.05) is 54.6 Å². The number of aliphatic hydroxyl groups is 3. The van der Waals surface area contributed by atoms with E-state index in [1.54, 1.807) is 18.2 Å². The van der Waals surface area contributed by atoms with Crippen molar-refractivity contribution in [1.82, 2.24) is 10.2 Å². The maximum absolute atomic E-state index is 12.6. The fourth-order valence-electron chi connectivity index (χ4n) is 7.06. The Morgan fingerprint density at radius 3 is 2.72 bits per heavy atom. The van der Waals surface area contributed by atoms with Crippen LogP contribution in [0.1, 0.15) is 85.5 Å². The number of Topliss-reactive ketones (excluding diaryl/α,β-unsaturated/α-hetero) is 1. The van der Waals surface area contributed by atoms with Gasteiger partial charge in [0.2, 0.25) is 0 Å². The van der Waals surface area contributed by atoms with Crippen LogP contribution in [0.25, 0.3) is 0 Å². The number of benzene rings is 3. The molecular weight excluding hydrogens is 668 g/mol. The predicted molar refractivity (Wildman–Crippen MR) is 205 cm³/mol. The number of carbonyl (C=O) groups is 1. The zero-order valence-corrected chi connectivity index (χ0v) is 30.2. The Morgan fingerprint density at radius 2 is 1.91 bits per heavy atom. The van der Waals surface area contributed by atoms with E-state index in [9.17, 15) is 25.2 Å². The molecule has 3 heterocycles. The number of aryl methyl sites for hydroxylation is 1. The van der Waals surface area contributed by atoms with Crippen LogP contribution in [0.4, 0.5) is 0 Å². The summed E-state index contributed by atoms with van der Waals surface area (Å²) in [4.78, 5) is 19.3. The first-order chi connectivity index (χ1) is 25.7. The van der Waals surface area contributed by atoms with E-state index in [4.69, 9.17) is 15.5 Å². The molecule has 10 nitrogen and oxygen atoms in total. The van der Waals surface area contributed by atoms with Gasteiger partial charge in [0.15, 0.2) is 17.7 Å². The van der Waals surface area contributed by atoms with Crippen molar-refractivity contribution < 1.29 is 30.0 Å². The molecule has 3 aromatic carbocycles. The monoisotopic (exact) mass is 718 g/mol. The molecule has 0 saturated carbocycles. The summed E-state index contributed by atoms with van der Waals surface area (Å²) >= 11 is 0. The van der Waals surface area contributed by atoms with Crippen molar-refractivity contribution in [3.8, 4) is 23.3 Å². The van der Waals surface area contributed by atoms with Gasteiger partial charge in [-0.15, -0.1) is 0 Å². The van der Waals surface area contributed by atoms with Crippen LogP contribution in [0, 0.1) is 11.8 Å². The van der Waals surface area contributed by atoms with E-state index in [0.29, 0.717) is 31.4 Å². The largest absolute Gasteiger partial charge is 0.504 e. The van der Waals surface area contributed by atoms with E-state index in [-0.39, 0.29) is 49.1 Å². The Kier molecular flexibility index (Phi) is 12.8. The number of hydrogen-bond acceptors (Lipinski definition) is 10. The predicted octanol–water partition coefficient (Wildman–Crippen LogP) is 4.91. The van der Waals surface area contributed by atoms with Gasteiger partial charge < -0.3 is 35.8 Å². The molecule has 10 heteroatoms. The van der Waals surface area contributed by atoms with Crippen molar-refractivity contribution in [2.24, 2.45) is 10.7 Å². The number of carbonyl (C=O) groups excluding carboxylic acids is 1. The summed E-state index contributed by atoms with van der Waals surface area (Å²) in [6.45, 7) is 3.23. The molecule has 278 valence electrons. The number of phenols is 1. The molecular formula is C43H50N4O6. The fraction of sp³-hybridized carbons (Fsp3) is 0.395. The lowest BCUT2D eigenvalue weighted by molar-refractivity contribution is -0.121. The van der Waals surface area contributed by atoms with E-state index < -0.39 is 24.5 Å². The molecule has 6 rings (SSSR count). The third-order valence-corrected chi connectivity index (χ3v) is 10.0. The number of allylic oxidation sites excluding steroid dienone is 1. The Bertz CT molecular complexity index is 1910. The van der Waals surface area contributed by atoms with E-state index in [2.05, 4.69) is 35.4 Å². The first kappa shape index (κ1) is 38.0. The minimum absolute atomic E-state index is 0.00959. The highest BCUT2D eigenvalue weighted by atomic mass is 16.5. The molecule has 0 aliphatic carbocycles. The van der Waals surface area contributed by atoms with E-state index in [0.717, 1.165) is 52.9 Å². The molecule has 7 N–H and O–H groups in total. The quantitative estimate of drug-likeness (QED) is 0.0894. The van der Waals surface area contributed by atoms with Gasteiger partial charge in [-0.1, -0.05) is 79.8 Å². The molecule has 3 aliphatic heterocycles. The van der Waals surface area contributed by atoms with Gasteiger partial charge in [0.25, 0.3) is 0 Å². The van der Waals surface area contributed by atoms with Crippen LogP contribution >= 0.6 is 0 Å². The minimum atomic E-state index is -1.03. The first-order valence-corrected chi connectivity index (χ1v) is 18.6. The number of fused-ring (bicyclic) bond motifs is 2.